The Balaban J connectivity index is 2.27. The smallest absolute Gasteiger partial charge is 0.123 e. The van der Waals surface area contributed by atoms with E-state index in [2.05, 4.69) is 37.4 Å². The maximum absolute atomic E-state index is 5.67. The summed E-state index contributed by atoms with van der Waals surface area (Å²) in [5.41, 5.74) is 1.57. The fourth-order valence-electron chi connectivity index (χ4n) is 2.20. The summed E-state index contributed by atoms with van der Waals surface area (Å²) in [7, 11) is 0. The maximum Gasteiger partial charge on any atom is 0.123 e. The van der Waals surface area contributed by atoms with Crippen LogP contribution in [0.4, 0.5) is 0 Å². The predicted octanol–water partition coefficient (Wildman–Crippen LogP) is 2.34. The Morgan fingerprint density at radius 2 is 2.20 bits per heavy atom. The van der Waals surface area contributed by atoms with Gasteiger partial charge >= 0.3 is 0 Å². The third-order valence-corrected chi connectivity index (χ3v) is 3.21. The molecule has 0 radical (unpaired) electrons. The Hall–Kier alpha value is -1.02. The van der Waals surface area contributed by atoms with E-state index >= 15 is 0 Å². The summed E-state index contributed by atoms with van der Waals surface area (Å²) in [6.07, 6.45) is 1.09. The molecule has 1 atom stereocenters. The molecule has 0 saturated heterocycles. The molecular weight excluding hydrogens is 186 g/mol. The minimum Gasteiger partial charge on any atom is -0.493 e. The standard InChI is InChI=1S/C13H19NO/c1-3-14-10-13(2)8-9-15-12-7-5-4-6-11(12)13/h4-7,14H,3,8-10H2,1-2H3. The first-order chi connectivity index (χ1) is 7.26. The summed E-state index contributed by atoms with van der Waals surface area (Å²) in [5.74, 6) is 1.06. The lowest BCUT2D eigenvalue weighted by Gasteiger charge is -2.35. The SMILES string of the molecule is CCNCC1(C)CCOc2ccccc21. The van der Waals surface area contributed by atoms with Crippen LogP contribution in [-0.4, -0.2) is 19.7 Å². The maximum atomic E-state index is 5.67. The largest absolute Gasteiger partial charge is 0.493 e. The summed E-state index contributed by atoms with van der Waals surface area (Å²) in [6, 6.07) is 8.39. The van der Waals surface area contributed by atoms with Crippen LogP contribution in [0.2, 0.25) is 0 Å². The molecule has 0 aromatic heterocycles. The average Bonchev–Trinajstić information content (AvgIpc) is 2.27. The van der Waals surface area contributed by atoms with Crippen molar-refractivity contribution in [3.05, 3.63) is 29.8 Å². The van der Waals surface area contributed by atoms with Gasteiger partial charge in [0.25, 0.3) is 0 Å². The minimum atomic E-state index is 0.227. The molecule has 82 valence electrons. The van der Waals surface area contributed by atoms with Crippen LogP contribution in [0.25, 0.3) is 0 Å². The molecule has 0 fully saturated rings. The lowest BCUT2D eigenvalue weighted by Crippen LogP contribution is -2.39. The van der Waals surface area contributed by atoms with Crippen molar-refractivity contribution in [1.82, 2.24) is 5.32 Å². The Morgan fingerprint density at radius 1 is 1.40 bits per heavy atom. The highest BCUT2D eigenvalue weighted by molar-refractivity contribution is 5.41. The van der Waals surface area contributed by atoms with E-state index in [1.54, 1.807) is 0 Å². The molecule has 1 heterocycles. The fourth-order valence-corrected chi connectivity index (χ4v) is 2.20. The molecule has 0 saturated carbocycles. The van der Waals surface area contributed by atoms with E-state index in [1.165, 1.54) is 5.56 Å². The highest BCUT2D eigenvalue weighted by atomic mass is 16.5. The first-order valence-corrected chi connectivity index (χ1v) is 5.69. The zero-order chi connectivity index (χ0) is 10.7. The van der Waals surface area contributed by atoms with Crippen LogP contribution < -0.4 is 10.1 Å². The van der Waals surface area contributed by atoms with Crippen molar-refractivity contribution in [1.29, 1.82) is 0 Å². The van der Waals surface area contributed by atoms with Gasteiger partial charge in [-0.15, -0.1) is 0 Å². The number of hydrogen-bond acceptors (Lipinski definition) is 2. The summed E-state index contributed by atoms with van der Waals surface area (Å²) in [5, 5.41) is 3.44. The molecule has 1 aromatic carbocycles. The van der Waals surface area contributed by atoms with Crippen LogP contribution in [0, 0.1) is 0 Å². The van der Waals surface area contributed by atoms with Crippen molar-refractivity contribution < 1.29 is 4.74 Å². The number of nitrogens with one attached hydrogen (secondary N) is 1. The van der Waals surface area contributed by atoms with E-state index < -0.39 is 0 Å². The second kappa shape index (κ2) is 4.23. The van der Waals surface area contributed by atoms with Crippen LogP contribution in [-0.2, 0) is 5.41 Å². The first kappa shape index (κ1) is 10.5. The molecule has 2 rings (SSSR count). The van der Waals surface area contributed by atoms with E-state index in [9.17, 15) is 0 Å². The van der Waals surface area contributed by atoms with Gasteiger partial charge in [-0.3, -0.25) is 0 Å². The van der Waals surface area contributed by atoms with Gasteiger partial charge in [0.2, 0.25) is 0 Å². The van der Waals surface area contributed by atoms with Crippen LogP contribution in [0.5, 0.6) is 5.75 Å². The van der Waals surface area contributed by atoms with Gasteiger partial charge in [-0.1, -0.05) is 32.0 Å². The van der Waals surface area contributed by atoms with Gasteiger partial charge < -0.3 is 10.1 Å². The Labute approximate surface area is 91.6 Å². The van der Waals surface area contributed by atoms with Crippen LogP contribution in [0.3, 0.4) is 0 Å². The van der Waals surface area contributed by atoms with Gasteiger partial charge in [0, 0.05) is 17.5 Å². The zero-order valence-electron chi connectivity index (χ0n) is 9.55. The number of rotatable bonds is 3. The molecule has 15 heavy (non-hydrogen) atoms. The van der Waals surface area contributed by atoms with Gasteiger partial charge in [0.15, 0.2) is 0 Å². The number of likely N-dealkylation sites (N-methyl/N-ethyl adjacent to an activating group) is 1. The average molecular weight is 205 g/mol. The predicted molar refractivity (Wildman–Crippen MR) is 62.4 cm³/mol. The number of ether oxygens (including phenoxy) is 1. The van der Waals surface area contributed by atoms with Gasteiger partial charge in [0.05, 0.1) is 6.61 Å². The number of benzene rings is 1. The number of para-hydroxylation sites is 1. The zero-order valence-corrected chi connectivity index (χ0v) is 9.55. The summed E-state index contributed by atoms with van der Waals surface area (Å²) in [4.78, 5) is 0. The van der Waals surface area contributed by atoms with E-state index in [1.807, 2.05) is 6.07 Å². The van der Waals surface area contributed by atoms with Crippen LogP contribution in [0.15, 0.2) is 24.3 Å². The fraction of sp³-hybridized carbons (Fsp3) is 0.538. The summed E-state index contributed by atoms with van der Waals surface area (Å²) in [6.45, 7) is 7.35. The normalized spacial score (nSPS) is 24.4. The third kappa shape index (κ3) is 2.00. The molecule has 0 bridgehead atoms. The Kier molecular flexibility index (Phi) is 2.96. The molecule has 2 nitrogen and oxygen atoms in total. The van der Waals surface area contributed by atoms with Gasteiger partial charge in [-0.2, -0.15) is 0 Å². The van der Waals surface area contributed by atoms with Gasteiger partial charge in [0.1, 0.15) is 5.75 Å². The lowest BCUT2D eigenvalue weighted by molar-refractivity contribution is 0.220. The molecule has 1 unspecified atom stereocenters. The molecule has 0 spiro atoms. The second-order valence-electron chi connectivity index (χ2n) is 4.44. The van der Waals surface area contributed by atoms with Gasteiger partial charge in [-0.05, 0) is 19.0 Å². The Morgan fingerprint density at radius 3 is 3.00 bits per heavy atom. The molecular formula is C13H19NO. The number of hydrogen-bond donors (Lipinski definition) is 1. The highest BCUT2D eigenvalue weighted by Gasteiger charge is 2.32. The molecule has 1 aromatic rings. The quantitative estimate of drug-likeness (QED) is 0.817. The van der Waals surface area contributed by atoms with Gasteiger partial charge in [-0.25, -0.2) is 0 Å². The summed E-state index contributed by atoms with van der Waals surface area (Å²) >= 11 is 0. The van der Waals surface area contributed by atoms with Crippen LogP contribution in [0.1, 0.15) is 25.8 Å². The van der Waals surface area contributed by atoms with Crippen molar-refractivity contribution in [3.63, 3.8) is 0 Å². The van der Waals surface area contributed by atoms with Crippen molar-refractivity contribution in [2.24, 2.45) is 0 Å². The summed E-state index contributed by atoms with van der Waals surface area (Å²) < 4.78 is 5.67. The Bertz CT molecular complexity index is 337. The van der Waals surface area contributed by atoms with E-state index in [0.717, 1.165) is 31.9 Å². The van der Waals surface area contributed by atoms with E-state index in [4.69, 9.17) is 4.74 Å². The monoisotopic (exact) mass is 205 g/mol. The molecule has 0 aliphatic carbocycles. The second-order valence-corrected chi connectivity index (χ2v) is 4.44. The molecule has 0 amide bonds. The molecule has 1 aliphatic rings. The van der Waals surface area contributed by atoms with E-state index in [0.29, 0.717) is 0 Å². The van der Waals surface area contributed by atoms with E-state index in [-0.39, 0.29) is 5.41 Å². The van der Waals surface area contributed by atoms with Crippen molar-refractivity contribution >= 4 is 0 Å². The highest BCUT2D eigenvalue weighted by Crippen LogP contribution is 2.37. The van der Waals surface area contributed by atoms with Crippen molar-refractivity contribution in [2.45, 2.75) is 25.7 Å². The molecule has 1 aliphatic heterocycles. The topological polar surface area (TPSA) is 21.3 Å². The minimum absolute atomic E-state index is 0.227. The lowest BCUT2D eigenvalue weighted by atomic mass is 9.78. The van der Waals surface area contributed by atoms with Crippen molar-refractivity contribution in [3.8, 4) is 5.75 Å². The third-order valence-electron chi connectivity index (χ3n) is 3.21. The first-order valence-electron chi connectivity index (χ1n) is 5.69. The molecule has 2 heteroatoms. The van der Waals surface area contributed by atoms with Crippen LogP contribution >= 0.6 is 0 Å². The van der Waals surface area contributed by atoms with Crippen molar-refractivity contribution in [2.75, 3.05) is 19.7 Å². The molecule has 1 N–H and O–H groups in total. The number of fused-ring (bicyclic) bond motifs is 1.